The van der Waals surface area contributed by atoms with E-state index >= 15 is 0 Å². The van der Waals surface area contributed by atoms with Gasteiger partial charge in [-0.25, -0.2) is 13.8 Å². The molecule has 1 N–H and O–H groups in total. The van der Waals surface area contributed by atoms with Gasteiger partial charge in [0.05, 0.1) is 27.3 Å². The number of nitrogens with one attached hydrogen (secondary N) is 1. The van der Waals surface area contributed by atoms with Gasteiger partial charge < -0.3 is 14.3 Å². The average molecular weight is 666 g/mol. The molecule has 0 aliphatic carbocycles. The van der Waals surface area contributed by atoms with E-state index in [1.54, 1.807) is 14.0 Å². The number of alkyl halides is 4. The molecule has 3 aromatic heterocycles. The van der Waals surface area contributed by atoms with Crippen LogP contribution in [0.1, 0.15) is 27.4 Å². The van der Waals surface area contributed by atoms with Gasteiger partial charge in [0, 0.05) is 41.3 Å². The predicted octanol–water partition coefficient (Wildman–Crippen LogP) is 7.87. The number of benzene rings is 2. The first-order valence-electron chi connectivity index (χ1n) is 12.2. The maximum absolute atomic E-state index is 14.8. The highest BCUT2D eigenvalue weighted by Gasteiger charge is 2.37. The van der Waals surface area contributed by atoms with E-state index in [1.165, 1.54) is 45.5 Å². The maximum atomic E-state index is 14.8. The Balaban J connectivity index is 1.62. The van der Waals surface area contributed by atoms with Crippen LogP contribution in [0.2, 0.25) is 5.02 Å². The molecule has 3 heterocycles. The van der Waals surface area contributed by atoms with E-state index in [1.807, 2.05) is 0 Å². The van der Waals surface area contributed by atoms with E-state index < -0.39 is 40.8 Å². The van der Waals surface area contributed by atoms with Gasteiger partial charge in [-0.1, -0.05) is 39.7 Å². The lowest BCUT2D eigenvalue weighted by Gasteiger charge is -2.17. The number of nitrogens with zero attached hydrogens (tertiary/aromatic N) is 3. The molecular weight excluding hydrogens is 647 g/mol. The van der Waals surface area contributed by atoms with Gasteiger partial charge in [0.1, 0.15) is 28.7 Å². The summed E-state index contributed by atoms with van der Waals surface area (Å²) in [4.78, 5) is 29.6. The van der Waals surface area contributed by atoms with Crippen molar-refractivity contribution in [3.8, 4) is 11.1 Å². The Morgan fingerprint density at radius 3 is 2.43 bits per heavy atom. The number of anilines is 1. The van der Waals surface area contributed by atoms with Crippen molar-refractivity contribution in [3.05, 3.63) is 100 Å². The Morgan fingerprint density at radius 1 is 1.10 bits per heavy atom. The molecule has 216 valence electrons. The molecular formula is C29H19BrClF5N4O2. The molecule has 0 radical (unpaired) electrons. The number of allylic oxidation sites excluding steroid dienone is 1. The summed E-state index contributed by atoms with van der Waals surface area (Å²) < 4.78 is 75.4. The van der Waals surface area contributed by atoms with E-state index in [0.717, 1.165) is 24.3 Å². The van der Waals surface area contributed by atoms with Gasteiger partial charge in [0.2, 0.25) is 11.7 Å². The van der Waals surface area contributed by atoms with Gasteiger partial charge in [0.25, 0.3) is 0 Å². The van der Waals surface area contributed by atoms with Gasteiger partial charge in [-0.2, -0.15) is 13.2 Å². The number of pyridine rings is 1. The number of halogens is 7. The molecule has 1 amide bonds. The first-order valence-corrected chi connectivity index (χ1v) is 13.7. The zero-order valence-electron chi connectivity index (χ0n) is 21.8. The molecule has 0 unspecified atom stereocenters. The van der Waals surface area contributed by atoms with Crippen molar-refractivity contribution in [1.82, 2.24) is 14.0 Å². The van der Waals surface area contributed by atoms with Crippen molar-refractivity contribution < 1.29 is 31.5 Å². The molecule has 2 aromatic carbocycles. The second-order valence-corrected chi connectivity index (χ2v) is 10.3. The normalized spacial score (nSPS) is 12.1. The van der Waals surface area contributed by atoms with Crippen LogP contribution in [0, 0.1) is 18.6 Å². The highest BCUT2D eigenvalue weighted by atomic mass is 79.9. The standard InChI is InChI=1S/C29H19BrClF5N4O2/c1-14-37-27-22(39(14)2)13-17(29(34,35)36)24(25(27)31)16-5-4-10-40-20(16)7-8-21(40)28(42)15-11-18(32)26(19(33)12-15)38-23(41)6-3-9-30/h3-8,10-13H,9H2,1-2H3,(H,38,41). The summed E-state index contributed by atoms with van der Waals surface area (Å²) in [7, 11) is 1.58. The number of hydrogen-bond acceptors (Lipinski definition) is 3. The second-order valence-electron chi connectivity index (χ2n) is 9.28. The van der Waals surface area contributed by atoms with Crippen LogP contribution in [0.15, 0.2) is 60.8 Å². The largest absolute Gasteiger partial charge is 0.417 e. The van der Waals surface area contributed by atoms with E-state index in [0.29, 0.717) is 11.2 Å². The highest BCUT2D eigenvalue weighted by molar-refractivity contribution is 9.09. The molecule has 0 bridgehead atoms. The first-order chi connectivity index (χ1) is 19.8. The molecule has 0 saturated carbocycles. The summed E-state index contributed by atoms with van der Waals surface area (Å²) in [6, 6.07) is 8.15. The summed E-state index contributed by atoms with van der Waals surface area (Å²) in [6.45, 7) is 1.64. The number of aryl methyl sites for hydroxylation is 2. The summed E-state index contributed by atoms with van der Waals surface area (Å²) >= 11 is 9.67. The van der Waals surface area contributed by atoms with Gasteiger partial charge in [-0.3, -0.25) is 9.59 Å². The monoisotopic (exact) mass is 664 g/mol. The molecule has 0 aliphatic rings. The summed E-state index contributed by atoms with van der Waals surface area (Å²) in [5.74, 6) is -3.47. The van der Waals surface area contributed by atoms with Crippen molar-refractivity contribution in [1.29, 1.82) is 0 Å². The molecule has 0 atom stereocenters. The minimum Gasteiger partial charge on any atom is -0.331 e. The molecule has 5 rings (SSSR count). The lowest BCUT2D eigenvalue weighted by atomic mass is 9.97. The fourth-order valence-electron chi connectivity index (χ4n) is 4.71. The first kappa shape index (κ1) is 29.5. The number of ketones is 1. The SMILES string of the molecule is Cc1nc2c(Cl)c(-c3cccn4c(C(=O)c5cc(F)c(NC(=O)C=CCBr)c(F)c5)ccc34)c(C(F)(F)F)cc2n1C. The third-order valence-corrected chi connectivity index (χ3v) is 7.49. The van der Waals surface area contributed by atoms with Crippen LogP contribution in [0.4, 0.5) is 27.6 Å². The van der Waals surface area contributed by atoms with Crippen LogP contribution in [0.25, 0.3) is 27.7 Å². The lowest BCUT2D eigenvalue weighted by Crippen LogP contribution is -2.13. The fourth-order valence-corrected chi connectivity index (χ4v) is 5.24. The second kappa shape index (κ2) is 11.0. The van der Waals surface area contributed by atoms with Crippen LogP contribution < -0.4 is 5.32 Å². The minimum absolute atomic E-state index is 0.0675. The third kappa shape index (κ3) is 5.09. The van der Waals surface area contributed by atoms with Crippen molar-refractivity contribution in [2.45, 2.75) is 13.1 Å². The van der Waals surface area contributed by atoms with Crippen molar-refractivity contribution in [2.75, 3.05) is 10.6 Å². The Hall–Kier alpha value is -4.03. The van der Waals surface area contributed by atoms with E-state index in [9.17, 15) is 31.5 Å². The van der Waals surface area contributed by atoms with Gasteiger partial charge >= 0.3 is 6.18 Å². The van der Waals surface area contributed by atoms with E-state index in [4.69, 9.17) is 11.6 Å². The topological polar surface area (TPSA) is 68.4 Å². The van der Waals surface area contributed by atoms with E-state index in [-0.39, 0.29) is 44.0 Å². The summed E-state index contributed by atoms with van der Waals surface area (Å²) in [5, 5.41) is 2.23. The lowest BCUT2D eigenvalue weighted by molar-refractivity contribution is -0.137. The fraction of sp³-hybridized carbons (Fsp3) is 0.138. The van der Waals surface area contributed by atoms with Crippen LogP contribution in [-0.2, 0) is 18.0 Å². The molecule has 6 nitrogen and oxygen atoms in total. The molecule has 0 saturated heterocycles. The average Bonchev–Trinajstić information content (AvgIpc) is 3.49. The third-order valence-electron chi connectivity index (χ3n) is 6.75. The molecule has 0 aliphatic heterocycles. The van der Waals surface area contributed by atoms with Crippen LogP contribution in [0.5, 0.6) is 0 Å². The Kier molecular flexibility index (Phi) is 7.71. The van der Waals surface area contributed by atoms with Crippen LogP contribution in [0.3, 0.4) is 0 Å². The predicted molar refractivity (Wildman–Crippen MR) is 153 cm³/mol. The number of rotatable bonds is 6. The highest BCUT2D eigenvalue weighted by Crippen LogP contribution is 2.45. The molecule has 5 aromatic rings. The van der Waals surface area contributed by atoms with Crippen molar-refractivity contribution in [3.63, 3.8) is 0 Å². The van der Waals surface area contributed by atoms with Gasteiger partial charge in [-0.05, 0) is 43.3 Å². The number of hydrogen-bond donors (Lipinski definition) is 1. The molecule has 0 fully saturated rings. The summed E-state index contributed by atoms with van der Waals surface area (Å²) in [6.07, 6.45) is -0.830. The Labute approximate surface area is 248 Å². The maximum Gasteiger partial charge on any atom is 0.417 e. The number of aromatic nitrogens is 3. The van der Waals surface area contributed by atoms with Crippen molar-refractivity contribution >= 4 is 61.5 Å². The zero-order chi connectivity index (χ0) is 30.5. The molecule has 0 spiro atoms. The zero-order valence-corrected chi connectivity index (χ0v) is 24.1. The number of imidazole rings is 1. The Morgan fingerprint density at radius 2 is 1.79 bits per heavy atom. The summed E-state index contributed by atoms with van der Waals surface area (Å²) in [5.41, 5.74) is -1.81. The number of carbonyl (C=O) groups is 2. The molecule has 42 heavy (non-hydrogen) atoms. The van der Waals surface area contributed by atoms with E-state index in [2.05, 4.69) is 26.2 Å². The van der Waals surface area contributed by atoms with Crippen LogP contribution >= 0.6 is 27.5 Å². The quantitative estimate of drug-likeness (QED) is 0.0869. The Bertz CT molecular complexity index is 1920. The smallest absolute Gasteiger partial charge is 0.331 e. The number of amides is 1. The number of fused-ring (bicyclic) bond motifs is 2. The van der Waals surface area contributed by atoms with Gasteiger partial charge in [-0.15, -0.1) is 0 Å². The minimum atomic E-state index is -4.78. The number of carbonyl (C=O) groups excluding carboxylic acids is 2. The molecule has 13 heteroatoms. The van der Waals surface area contributed by atoms with Gasteiger partial charge in [0.15, 0.2) is 0 Å². The van der Waals surface area contributed by atoms with Crippen LogP contribution in [-0.4, -0.2) is 31.0 Å². The van der Waals surface area contributed by atoms with Crippen molar-refractivity contribution in [2.24, 2.45) is 7.05 Å².